The Bertz CT molecular complexity index is 354. The fourth-order valence-electron chi connectivity index (χ4n) is 1.44. The van der Waals surface area contributed by atoms with Gasteiger partial charge < -0.3 is 9.64 Å². The molecule has 1 aliphatic heterocycles. The smallest absolute Gasteiger partial charge is 0.325 e. The molecule has 0 atom stereocenters. The third-order valence-corrected chi connectivity index (χ3v) is 2.79. The van der Waals surface area contributed by atoms with Gasteiger partial charge in [0.2, 0.25) is 0 Å². The van der Waals surface area contributed by atoms with E-state index in [1.165, 1.54) is 3.57 Å². The van der Waals surface area contributed by atoms with Crippen molar-refractivity contribution in [3.05, 3.63) is 27.8 Å². The molecule has 2 rings (SSSR count). The SMILES string of the molecule is O=C1CN(c2cccc(I)c2)CCO1. The van der Waals surface area contributed by atoms with Crippen molar-refractivity contribution in [2.24, 2.45) is 0 Å². The summed E-state index contributed by atoms with van der Waals surface area (Å²) in [5, 5.41) is 0. The van der Waals surface area contributed by atoms with Crippen LogP contribution in [0.2, 0.25) is 0 Å². The number of halogens is 1. The van der Waals surface area contributed by atoms with E-state index in [1.54, 1.807) is 0 Å². The van der Waals surface area contributed by atoms with Crippen molar-refractivity contribution in [2.45, 2.75) is 0 Å². The van der Waals surface area contributed by atoms with Crippen LogP contribution in [0.15, 0.2) is 24.3 Å². The first-order chi connectivity index (χ1) is 6.75. The van der Waals surface area contributed by atoms with Crippen LogP contribution in [0, 0.1) is 3.57 Å². The van der Waals surface area contributed by atoms with E-state index in [1.807, 2.05) is 23.1 Å². The molecule has 1 fully saturated rings. The van der Waals surface area contributed by atoms with Gasteiger partial charge in [-0.2, -0.15) is 0 Å². The molecule has 4 heteroatoms. The molecule has 1 aromatic carbocycles. The summed E-state index contributed by atoms with van der Waals surface area (Å²) in [5.74, 6) is -0.143. The van der Waals surface area contributed by atoms with Gasteiger partial charge in [0.15, 0.2) is 0 Å². The van der Waals surface area contributed by atoms with E-state index in [-0.39, 0.29) is 5.97 Å². The maximum atomic E-state index is 11.1. The molecular formula is C10H10INO2. The normalized spacial score (nSPS) is 16.6. The van der Waals surface area contributed by atoms with Gasteiger partial charge >= 0.3 is 5.97 Å². The van der Waals surface area contributed by atoms with Crippen LogP contribution in [0.25, 0.3) is 0 Å². The van der Waals surface area contributed by atoms with Crippen LogP contribution in [0.5, 0.6) is 0 Å². The zero-order valence-corrected chi connectivity index (χ0v) is 9.73. The number of nitrogens with zero attached hydrogens (tertiary/aromatic N) is 1. The van der Waals surface area contributed by atoms with Crippen LogP contribution < -0.4 is 4.90 Å². The Hall–Kier alpha value is -0.780. The summed E-state index contributed by atoms with van der Waals surface area (Å²) < 4.78 is 6.06. The maximum absolute atomic E-state index is 11.1. The van der Waals surface area contributed by atoms with Gasteiger partial charge in [-0.3, -0.25) is 4.79 Å². The molecular weight excluding hydrogens is 293 g/mol. The molecule has 0 radical (unpaired) electrons. The molecule has 1 heterocycles. The van der Waals surface area contributed by atoms with Gasteiger partial charge in [0.05, 0.1) is 6.54 Å². The molecule has 0 N–H and O–H groups in total. The minimum Gasteiger partial charge on any atom is -0.462 e. The molecule has 0 unspecified atom stereocenters. The molecule has 1 saturated heterocycles. The number of carbonyl (C=O) groups excluding carboxylic acids is 1. The summed E-state index contributed by atoms with van der Waals surface area (Å²) in [5.41, 5.74) is 1.09. The lowest BCUT2D eigenvalue weighted by molar-refractivity contribution is -0.143. The zero-order chi connectivity index (χ0) is 9.97. The predicted molar refractivity (Wildman–Crippen MR) is 62.3 cm³/mol. The van der Waals surface area contributed by atoms with Crippen molar-refractivity contribution < 1.29 is 9.53 Å². The highest BCUT2D eigenvalue weighted by Crippen LogP contribution is 2.18. The van der Waals surface area contributed by atoms with E-state index >= 15 is 0 Å². The zero-order valence-electron chi connectivity index (χ0n) is 7.57. The highest BCUT2D eigenvalue weighted by molar-refractivity contribution is 14.1. The number of hydrogen-bond donors (Lipinski definition) is 0. The quantitative estimate of drug-likeness (QED) is 0.584. The Morgan fingerprint density at radius 2 is 2.29 bits per heavy atom. The fraction of sp³-hybridized carbons (Fsp3) is 0.300. The van der Waals surface area contributed by atoms with Crippen LogP contribution >= 0.6 is 22.6 Å². The summed E-state index contributed by atoms with van der Waals surface area (Å²) in [6, 6.07) is 8.11. The Morgan fingerprint density at radius 1 is 1.43 bits per heavy atom. The summed E-state index contributed by atoms with van der Waals surface area (Å²) >= 11 is 2.26. The topological polar surface area (TPSA) is 29.5 Å². The molecule has 1 aromatic rings. The maximum Gasteiger partial charge on any atom is 0.325 e. The second-order valence-electron chi connectivity index (χ2n) is 3.12. The third kappa shape index (κ3) is 2.17. The van der Waals surface area contributed by atoms with Crippen LogP contribution in [0.4, 0.5) is 5.69 Å². The summed E-state index contributed by atoms with van der Waals surface area (Å²) in [6.45, 7) is 1.64. The Morgan fingerprint density at radius 3 is 3.00 bits per heavy atom. The van der Waals surface area contributed by atoms with Crippen molar-refractivity contribution in [3.8, 4) is 0 Å². The minimum absolute atomic E-state index is 0.143. The van der Waals surface area contributed by atoms with Crippen molar-refractivity contribution in [3.63, 3.8) is 0 Å². The number of ether oxygens (including phenoxy) is 1. The second kappa shape index (κ2) is 4.16. The molecule has 0 spiro atoms. The number of esters is 1. The van der Waals surface area contributed by atoms with Crippen LogP contribution in [-0.4, -0.2) is 25.7 Å². The van der Waals surface area contributed by atoms with Gasteiger partial charge in [0.1, 0.15) is 13.2 Å². The van der Waals surface area contributed by atoms with Gasteiger partial charge in [0.25, 0.3) is 0 Å². The van der Waals surface area contributed by atoms with Crippen molar-refractivity contribution in [1.29, 1.82) is 0 Å². The Labute approximate surface area is 96.2 Å². The van der Waals surface area contributed by atoms with E-state index in [2.05, 4.69) is 28.7 Å². The number of carbonyl (C=O) groups is 1. The summed E-state index contributed by atoms with van der Waals surface area (Å²) in [7, 11) is 0. The highest BCUT2D eigenvalue weighted by Gasteiger charge is 2.17. The average molecular weight is 303 g/mol. The van der Waals surface area contributed by atoms with Crippen molar-refractivity contribution >= 4 is 34.2 Å². The highest BCUT2D eigenvalue weighted by atomic mass is 127. The second-order valence-corrected chi connectivity index (χ2v) is 4.37. The van der Waals surface area contributed by atoms with Gasteiger partial charge in [-0.05, 0) is 40.8 Å². The lowest BCUT2D eigenvalue weighted by Crippen LogP contribution is -2.39. The fourth-order valence-corrected chi connectivity index (χ4v) is 1.97. The first-order valence-corrected chi connectivity index (χ1v) is 5.50. The molecule has 0 saturated carbocycles. The van der Waals surface area contributed by atoms with E-state index in [4.69, 9.17) is 4.74 Å². The van der Waals surface area contributed by atoms with Crippen LogP contribution in [0.1, 0.15) is 0 Å². The standard InChI is InChI=1S/C10H10INO2/c11-8-2-1-3-9(6-8)12-4-5-14-10(13)7-12/h1-3,6H,4-5,7H2. The lowest BCUT2D eigenvalue weighted by atomic mass is 10.2. The molecule has 1 aliphatic rings. The van der Waals surface area contributed by atoms with Crippen molar-refractivity contribution in [2.75, 3.05) is 24.6 Å². The third-order valence-electron chi connectivity index (χ3n) is 2.12. The van der Waals surface area contributed by atoms with E-state index in [0.29, 0.717) is 13.2 Å². The average Bonchev–Trinajstić information content (AvgIpc) is 2.18. The number of rotatable bonds is 1. The lowest BCUT2D eigenvalue weighted by Gasteiger charge is -2.27. The number of benzene rings is 1. The summed E-state index contributed by atoms with van der Waals surface area (Å²) in [6.07, 6.45) is 0. The van der Waals surface area contributed by atoms with E-state index < -0.39 is 0 Å². The summed E-state index contributed by atoms with van der Waals surface area (Å²) in [4.78, 5) is 13.1. The van der Waals surface area contributed by atoms with Crippen LogP contribution in [-0.2, 0) is 9.53 Å². The van der Waals surface area contributed by atoms with Crippen molar-refractivity contribution in [1.82, 2.24) is 0 Å². The molecule has 0 aromatic heterocycles. The molecule has 14 heavy (non-hydrogen) atoms. The minimum atomic E-state index is -0.143. The van der Waals surface area contributed by atoms with Gasteiger partial charge in [0, 0.05) is 9.26 Å². The number of anilines is 1. The van der Waals surface area contributed by atoms with Crippen LogP contribution in [0.3, 0.4) is 0 Å². The Balaban J connectivity index is 2.17. The number of morpholine rings is 1. The first kappa shape index (κ1) is 9.76. The van der Waals surface area contributed by atoms with Gasteiger partial charge in [-0.25, -0.2) is 0 Å². The number of cyclic esters (lactones) is 1. The van der Waals surface area contributed by atoms with E-state index in [9.17, 15) is 4.79 Å². The van der Waals surface area contributed by atoms with Gasteiger partial charge in [-0.15, -0.1) is 0 Å². The first-order valence-electron chi connectivity index (χ1n) is 4.42. The van der Waals surface area contributed by atoms with E-state index in [0.717, 1.165) is 12.2 Å². The Kier molecular flexibility index (Phi) is 2.90. The molecule has 0 aliphatic carbocycles. The monoisotopic (exact) mass is 303 g/mol. The molecule has 0 amide bonds. The largest absolute Gasteiger partial charge is 0.462 e. The predicted octanol–water partition coefficient (Wildman–Crippen LogP) is 1.65. The number of hydrogen-bond acceptors (Lipinski definition) is 3. The molecule has 0 bridgehead atoms. The van der Waals surface area contributed by atoms with Gasteiger partial charge in [-0.1, -0.05) is 6.07 Å². The molecule has 3 nitrogen and oxygen atoms in total. The molecule has 74 valence electrons.